The first-order valence-electron chi connectivity index (χ1n) is 5.44. The number of fused-ring (bicyclic) bond motifs is 1. The van der Waals surface area contributed by atoms with Gasteiger partial charge in [-0.25, -0.2) is 4.98 Å². The number of H-pyrrole nitrogens is 1. The number of nitrogens with zero attached hydrogens (tertiary/aromatic N) is 1. The van der Waals surface area contributed by atoms with Crippen LogP contribution < -0.4 is 5.11 Å². The van der Waals surface area contributed by atoms with Crippen molar-refractivity contribution in [3.8, 4) is 0 Å². The number of hydrogen-bond acceptors (Lipinski definition) is 4. The molecule has 17 heavy (non-hydrogen) atoms. The van der Waals surface area contributed by atoms with Crippen molar-refractivity contribution < 1.29 is 15.0 Å². The maximum absolute atomic E-state index is 10.7. The minimum absolute atomic E-state index is 0.128. The van der Waals surface area contributed by atoms with E-state index in [1.165, 1.54) is 12.1 Å². The van der Waals surface area contributed by atoms with E-state index < -0.39 is 5.97 Å². The standard InChI is InChI=1S/C12H14N2O3/c1-7(15)2-5-11-13-9-4-3-8(12(16)17)6-10(9)14-11/h3-4,6-7,15H,2,5H2,1H3,(H,13,14)(H,16,17)/p-1. The molecule has 0 bridgehead atoms. The summed E-state index contributed by atoms with van der Waals surface area (Å²) < 4.78 is 0. The Morgan fingerprint density at radius 3 is 3.00 bits per heavy atom. The molecule has 2 rings (SSSR count). The third kappa shape index (κ3) is 2.62. The number of carboxylic acids is 1. The van der Waals surface area contributed by atoms with E-state index in [4.69, 9.17) is 0 Å². The molecule has 2 N–H and O–H groups in total. The molecule has 90 valence electrons. The molecule has 0 amide bonds. The number of benzene rings is 1. The number of aliphatic hydroxyl groups is 1. The van der Waals surface area contributed by atoms with Gasteiger partial charge in [0.15, 0.2) is 0 Å². The average Bonchev–Trinajstić information content (AvgIpc) is 2.67. The fourth-order valence-corrected chi connectivity index (χ4v) is 1.65. The lowest BCUT2D eigenvalue weighted by Gasteiger charge is -2.00. The Bertz CT molecular complexity index is 546. The molecule has 5 nitrogen and oxygen atoms in total. The Kier molecular flexibility index (Phi) is 3.10. The van der Waals surface area contributed by atoms with Crippen LogP contribution in [0, 0.1) is 0 Å². The van der Waals surface area contributed by atoms with Crippen LogP contribution in [0.2, 0.25) is 0 Å². The highest BCUT2D eigenvalue weighted by Crippen LogP contribution is 2.14. The predicted molar refractivity (Wildman–Crippen MR) is 60.4 cm³/mol. The molecule has 1 unspecified atom stereocenters. The van der Waals surface area contributed by atoms with Gasteiger partial charge in [0.1, 0.15) is 5.82 Å². The number of rotatable bonds is 4. The van der Waals surface area contributed by atoms with Gasteiger partial charge in [-0.1, -0.05) is 6.07 Å². The molecule has 0 fully saturated rings. The van der Waals surface area contributed by atoms with Gasteiger partial charge in [0.2, 0.25) is 0 Å². The Hall–Kier alpha value is -1.88. The van der Waals surface area contributed by atoms with E-state index in [2.05, 4.69) is 9.97 Å². The number of nitrogens with one attached hydrogen (secondary N) is 1. The zero-order valence-electron chi connectivity index (χ0n) is 9.43. The molecule has 0 aliphatic heterocycles. The molecule has 0 saturated carbocycles. The molecule has 0 radical (unpaired) electrons. The summed E-state index contributed by atoms with van der Waals surface area (Å²) in [5, 5.41) is 19.9. The van der Waals surface area contributed by atoms with Crippen molar-refractivity contribution in [2.75, 3.05) is 0 Å². The maximum Gasteiger partial charge on any atom is 0.107 e. The van der Waals surface area contributed by atoms with Gasteiger partial charge in [-0.2, -0.15) is 0 Å². The zero-order valence-corrected chi connectivity index (χ0v) is 9.43. The maximum atomic E-state index is 10.7. The summed E-state index contributed by atoms with van der Waals surface area (Å²) in [4.78, 5) is 18.0. The van der Waals surface area contributed by atoms with Gasteiger partial charge in [-0.3, -0.25) is 0 Å². The first kappa shape index (κ1) is 11.6. The Morgan fingerprint density at radius 1 is 1.59 bits per heavy atom. The Morgan fingerprint density at radius 2 is 2.35 bits per heavy atom. The largest absolute Gasteiger partial charge is 0.545 e. The van der Waals surface area contributed by atoms with E-state index in [-0.39, 0.29) is 11.7 Å². The van der Waals surface area contributed by atoms with Crippen LogP contribution in [0.5, 0.6) is 0 Å². The number of carbonyl (C=O) groups is 1. The smallest absolute Gasteiger partial charge is 0.107 e. The number of aromatic carboxylic acids is 1. The summed E-state index contributed by atoms with van der Waals surface area (Å²) in [5.41, 5.74) is 1.52. The van der Waals surface area contributed by atoms with E-state index in [1.54, 1.807) is 13.0 Å². The van der Waals surface area contributed by atoms with Gasteiger partial charge < -0.3 is 20.0 Å². The molecule has 0 saturated heterocycles. The molecule has 2 aromatic rings. The lowest BCUT2D eigenvalue weighted by Crippen LogP contribution is -2.21. The Labute approximate surface area is 98.1 Å². The summed E-state index contributed by atoms with van der Waals surface area (Å²) >= 11 is 0. The SMILES string of the molecule is CC(O)CCc1nc2ccc(C(=O)[O-])cc2[nH]1. The van der Waals surface area contributed by atoms with Crippen LogP contribution in [0.3, 0.4) is 0 Å². The second-order valence-corrected chi connectivity index (χ2v) is 4.09. The van der Waals surface area contributed by atoms with E-state index in [0.29, 0.717) is 18.4 Å². The summed E-state index contributed by atoms with van der Waals surface area (Å²) in [6.45, 7) is 1.72. The summed E-state index contributed by atoms with van der Waals surface area (Å²) in [6.07, 6.45) is 0.877. The number of imidazole rings is 1. The average molecular weight is 233 g/mol. The minimum atomic E-state index is -1.20. The zero-order chi connectivity index (χ0) is 12.4. The molecule has 1 atom stereocenters. The highest BCUT2D eigenvalue weighted by molar-refractivity contribution is 5.91. The second kappa shape index (κ2) is 4.55. The van der Waals surface area contributed by atoms with Gasteiger partial charge in [0, 0.05) is 6.42 Å². The third-order valence-corrected chi connectivity index (χ3v) is 2.57. The van der Waals surface area contributed by atoms with Crippen LogP contribution in [-0.4, -0.2) is 27.1 Å². The molecule has 1 aromatic heterocycles. The monoisotopic (exact) mass is 233 g/mol. The van der Waals surface area contributed by atoms with Gasteiger partial charge in [0.25, 0.3) is 0 Å². The normalized spacial score (nSPS) is 12.8. The number of hydrogen-bond donors (Lipinski definition) is 2. The summed E-state index contributed by atoms with van der Waals surface area (Å²) in [6, 6.07) is 4.61. The van der Waals surface area contributed by atoms with Crippen molar-refractivity contribution in [1.29, 1.82) is 0 Å². The summed E-state index contributed by atoms with van der Waals surface area (Å²) in [5.74, 6) is -0.455. The minimum Gasteiger partial charge on any atom is -0.545 e. The number of aromatic nitrogens is 2. The lowest BCUT2D eigenvalue weighted by molar-refractivity contribution is -0.255. The van der Waals surface area contributed by atoms with Gasteiger partial charge in [0.05, 0.1) is 23.1 Å². The second-order valence-electron chi connectivity index (χ2n) is 4.09. The van der Waals surface area contributed by atoms with Crippen molar-refractivity contribution in [2.24, 2.45) is 0 Å². The topological polar surface area (TPSA) is 89.0 Å². The predicted octanol–water partition coefficient (Wildman–Crippen LogP) is 0.240. The number of aryl methyl sites for hydroxylation is 1. The van der Waals surface area contributed by atoms with E-state index >= 15 is 0 Å². The number of carboxylic acid groups (broad SMARTS) is 1. The fourth-order valence-electron chi connectivity index (χ4n) is 1.65. The van der Waals surface area contributed by atoms with Gasteiger partial charge in [-0.15, -0.1) is 0 Å². The van der Waals surface area contributed by atoms with Crippen LogP contribution >= 0.6 is 0 Å². The van der Waals surface area contributed by atoms with Crippen molar-refractivity contribution in [3.05, 3.63) is 29.6 Å². The van der Waals surface area contributed by atoms with Gasteiger partial charge in [-0.05, 0) is 31.0 Å². The van der Waals surface area contributed by atoms with Crippen molar-refractivity contribution in [2.45, 2.75) is 25.9 Å². The number of aliphatic hydroxyl groups excluding tert-OH is 1. The van der Waals surface area contributed by atoms with Crippen LogP contribution in [0.4, 0.5) is 0 Å². The third-order valence-electron chi connectivity index (χ3n) is 2.57. The summed E-state index contributed by atoms with van der Waals surface area (Å²) in [7, 11) is 0. The molecule has 5 heteroatoms. The quantitative estimate of drug-likeness (QED) is 0.791. The van der Waals surface area contributed by atoms with E-state index in [1.807, 2.05) is 0 Å². The van der Waals surface area contributed by atoms with Crippen molar-refractivity contribution in [1.82, 2.24) is 9.97 Å². The molecule has 0 spiro atoms. The molecule has 1 heterocycles. The van der Waals surface area contributed by atoms with E-state index in [9.17, 15) is 15.0 Å². The molecule has 0 aliphatic rings. The Balaban J connectivity index is 2.27. The van der Waals surface area contributed by atoms with Crippen LogP contribution in [0.15, 0.2) is 18.2 Å². The van der Waals surface area contributed by atoms with Crippen LogP contribution in [0.1, 0.15) is 29.5 Å². The number of aromatic amines is 1. The molecular weight excluding hydrogens is 220 g/mol. The molecule has 1 aromatic carbocycles. The van der Waals surface area contributed by atoms with Crippen LogP contribution in [0.25, 0.3) is 11.0 Å². The fraction of sp³-hybridized carbons (Fsp3) is 0.333. The van der Waals surface area contributed by atoms with Gasteiger partial charge >= 0.3 is 0 Å². The van der Waals surface area contributed by atoms with E-state index in [0.717, 1.165) is 11.3 Å². The van der Waals surface area contributed by atoms with Crippen LogP contribution in [-0.2, 0) is 6.42 Å². The first-order chi connectivity index (χ1) is 8.06. The number of carbonyl (C=O) groups excluding carboxylic acids is 1. The van der Waals surface area contributed by atoms with Crippen molar-refractivity contribution >= 4 is 17.0 Å². The lowest BCUT2D eigenvalue weighted by atomic mass is 10.2. The molecular formula is C12H13N2O3-. The highest BCUT2D eigenvalue weighted by Gasteiger charge is 2.05. The highest BCUT2D eigenvalue weighted by atomic mass is 16.4. The molecule has 0 aliphatic carbocycles. The van der Waals surface area contributed by atoms with Crippen molar-refractivity contribution in [3.63, 3.8) is 0 Å². The first-order valence-corrected chi connectivity index (χ1v) is 5.44.